The SMILES string of the molecule is COc1ccc([C@H]2CC(=O)N(c3sc4c(c3C#N)CCCC4)C3=C2C(=O)CCC3)c(OC)c1OC. The molecule has 0 fully saturated rings. The van der Waals surface area contributed by atoms with Crippen LogP contribution in [0.5, 0.6) is 17.2 Å². The molecule has 2 aromatic rings. The van der Waals surface area contributed by atoms with E-state index < -0.39 is 5.92 Å². The van der Waals surface area contributed by atoms with E-state index in [1.807, 2.05) is 6.07 Å². The minimum atomic E-state index is -0.448. The minimum Gasteiger partial charge on any atom is -0.493 e. The summed E-state index contributed by atoms with van der Waals surface area (Å²) in [7, 11) is 4.64. The van der Waals surface area contributed by atoms with Crippen LogP contribution in [0.3, 0.4) is 0 Å². The molecular formula is C27H28N2O5S. The number of amides is 1. The van der Waals surface area contributed by atoms with Gasteiger partial charge in [0.15, 0.2) is 17.3 Å². The Balaban J connectivity index is 1.69. The Morgan fingerprint density at radius 1 is 0.971 bits per heavy atom. The van der Waals surface area contributed by atoms with Gasteiger partial charge in [0.25, 0.3) is 0 Å². The van der Waals surface area contributed by atoms with Crippen LogP contribution in [-0.4, -0.2) is 33.0 Å². The molecular weight excluding hydrogens is 464 g/mol. The van der Waals surface area contributed by atoms with Crippen LogP contribution >= 0.6 is 11.3 Å². The highest BCUT2D eigenvalue weighted by Crippen LogP contribution is 2.51. The molecule has 1 aliphatic heterocycles. The van der Waals surface area contributed by atoms with Gasteiger partial charge in [-0.1, -0.05) is 6.07 Å². The number of carbonyl (C=O) groups excluding carboxylic acids is 2. The van der Waals surface area contributed by atoms with Crippen LogP contribution < -0.4 is 19.1 Å². The van der Waals surface area contributed by atoms with Crippen molar-refractivity contribution in [2.45, 2.75) is 57.3 Å². The molecule has 2 aliphatic carbocycles. The molecule has 182 valence electrons. The van der Waals surface area contributed by atoms with E-state index in [9.17, 15) is 14.9 Å². The Bertz CT molecular complexity index is 1290. The molecule has 35 heavy (non-hydrogen) atoms. The molecule has 0 spiro atoms. The molecule has 1 atom stereocenters. The first-order valence-corrected chi connectivity index (χ1v) is 12.8. The van der Waals surface area contributed by atoms with Gasteiger partial charge in [0.2, 0.25) is 11.7 Å². The predicted molar refractivity (Wildman–Crippen MR) is 133 cm³/mol. The molecule has 0 bridgehead atoms. The number of benzene rings is 1. The predicted octanol–water partition coefficient (Wildman–Crippen LogP) is 5.05. The maximum atomic E-state index is 13.8. The van der Waals surface area contributed by atoms with Crippen molar-refractivity contribution >= 4 is 28.0 Å². The monoisotopic (exact) mass is 492 g/mol. The zero-order valence-corrected chi connectivity index (χ0v) is 21.0. The van der Waals surface area contributed by atoms with Crippen LogP contribution in [0.1, 0.15) is 66.0 Å². The van der Waals surface area contributed by atoms with Crippen molar-refractivity contribution in [2.75, 3.05) is 26.2 Å². The quantitative estimate of drug-likeness (QED) is 0.580. The Hall–Kier alpha value is -3.31. The number of carbonyl (C=O) groups is 2. The van der Waals surface area contributed by atoms with Crippen LogP contribution in [-0.2, 0) is 22.4 Å². The summed E-state index contributed by atoms with van der Waals surface area (Å²) in [6, 6.07) is 6.01. The van der Waals surface area contributed by atoms with Crippen molar-refractivity contribution < 1.29 is 23.8 Å². The van der Waals surface area contributed by atoms with Gasteiger partial charge in [-0.05, 0) is 50.2 Å². The number of Topliss-reactive ketones (excluding diaryl/α,β-unsaturated/α-hetero) is 1. The van der Waals surface area contributed by atoms with E-state index in [4.69, 9.17) is 14.2 Å². The highest BCUT2D eigenvalue weighted by molar-refractivity contribution is 7.16. The lowest BCUT2D eigenvalue weighted by Gasteiger charge is -2.38. The lowest BCUT2D eigenvalue weighted by molar-refractivity contribution is -0.119. The number of rotatable bonds is 5. The third kappa shape index (κ3) is 3.69. The van der Waals surface area contributed by atoms with Crippen molar-refractivity contribution in [1.82, 2.24) is 0 Å². The average Bonchev–Trinajstić information content (AvgIpc) is 3.25. The minimum absolute atomic E-state index is 0.0467. The summed E-state index contributed by atoms with van der Waals surface area (Å²) in [5.41, 5.74) is 3.79. The average molecular weight is 493 g/mol. The van der Waals surface area contributed by atoms with E-state index in [1.54, 1.807) is 36.5 Å². The van der Waals surface area contributed by atoms with E-state index in [0.717, 1.165) is 42.5 Å². The number of hydrogen-bond donors (Lipinski definition) is 0. The molecule has 1 aromatic heterocycles. The van der Waals surface area contributed by atoms with Gasteiger partial charge in [0.05, 0.1) is 26.9 Å². The first-order valence-electron chi connectivity index (χ1n) is 12.0. The zero-order chi connectivity index (χ0) is 24.7. The van der Waals surface area contributed by atoms with Crippen LogP contribution in [0.4, 0.5) is 5.00 Å². The third-order valence-corrected chi connectivity index (χ3v) is 8.53. The standard InChI is InChI=1S/C27H28N2O5S/c1-32-21-12-11-16(25(33-2)26(21)34-3)17-13-23(31)29(19-8-6-9-20(30)24(17)19)27-18(14-28)15-7-4-5-10-22(15)35-27/h11-12,17H,4-10,13H2,1-3H3/t17-/m1/s1. The lowest BCUT2D eigenvalue weighted by Crippen LogP contribution is -2.40. The van der Waals surface area contributed by atoms with E-state index in [0.29, 0.717) is 52.6 Å². The first kappa shape index (κ1) is 23.4. The Kier molecular flexibility index (Phi) is 6.28. The van der Waals surface area contributed by atoms with Crippen LogP contribution in [0.25, 0.3) is 0 Å². The van der Waals surface area contributed by atoms with Crippen LogP contribution in [0.15, 0.2) is 23.4 Å². The van der Waals surface area contributed by atoms with Gasteiger partial charge < -0.3 is 14.2 Å². The molecule has 8 heteroatoms. The maximum absolute atomic E-state index is 13.8. The molecule has 1 aromatic carbocycles. The van der Waals surface area contributed by atoms with E-state index in [1.165, 1.54) is 12.0 Å². The fourth-order valence-corrected chi connectivity index (χ4v) is 7.10. The number of nitrogens with zero attached hydrogens (tertiary/aromatic N) is 2. The summed E-state index contributed by atoms with van der Waals surface area (Å²) < 4.78 is 16.7. The number of fused-ring (bicyclic) bond motifs is 1. The van der Waals surface area contributed by atoms with Gasteiger partial charge in [0, 0.05) is 40.5 Å². The molecule has 2 heterocycles. The van der Waals surface area contributed by atoms with E-state index in [2.05, 4.69) is 6.07 Å². The molecule has 0 saturated heterocycles. The first-order chi connectivity index (χ1) is 17.0. The number of methoxy groups -OCH3 is 3. The highest BCUT2D eigenvalue weighted by Gasteiger charge is 2.43. The summed E-state index contributed by atoms with van der Waals surface area (Å²) in [5, 5.41) is 10.7. The molecule has 7 nitrogen and oxygen atoms in total. The number of allylic oxidation sites excluding steroid dienone is 2. The fourth-order valence-electron chi connectivity index (χ4n) is 5.72. The number of thiophene rings is 1. The zero-order valence-electron chi connectivity index (χ0n) is 20.2. The summed E-state index contributed by atoms with van der Waals surface area (Å²) >= 11 is 1.55. The van der Waals surface area contributed by atoms with Crippen molar-refractivity contribution in [3.05, 3.63) is 45.0 Å². The number of ether oxygens (including phenoxy) is 3. The van der Waals surface area contributed by atoms with Gasteiger partial charge in [-0.2, -0.15) is 5.26 Å². The lowest BCUT2D eigenvalue weighted by atomic mass is 9.77. The van der Waals surface area contributed by atoms with Gasteiger partial charge in [-0.3, -0.25) is 14.5 Å². The highest BCUT2D eigenvalue weighted by atomic mass is 32.1. The number of nitriles is 1. The second kappa shape index (κ2) is 9.38. The summed E-state index contributed by atoms with van der Waals surface area (Å²) in [4.78, 5) is 30.0. The molecule has 5 rings (SSSR count). The van der Waals surface area contributed by atoms with E-state index >= 15 is 0 Å². The van der Waals surface area contributed by atoms with E-state index in [-0.39, 0.29) is 18.1 Å². The summed E-state index contributed by atoms with van der Waals surface area (Å²) in [6.07, 6.45) is 5.82. The normalized spacial score (nSPS) is 19.7. The molecule has 0 unspecified atom stereocenters. The number of anilines is 1. The largest absolute Gasteiger partial charge is 0.493 e. The van der Waals surface area contributed by atoms with Crippen molar-refractivity contribution in [3.8, 4) is 23.3 Å². The smallest absolute Gasteiger partial charge is 0.232 e. The Morgan fingerprint density at radius 3 is 2.46 bits per heavy atom. The molecule has 0 N–H and O–H groups in total. The van der Waals surface area contributed by atoms with Gasteiger partial charge >= 0.3 is 0 Å². The number of ketones is 1. The van der Waals surface area contributed by atoms with Crippen molar-refractivity contribution in [3.63, 3.8) is 0 Å². The van der Waals surface area contributed by atoms with Crippen LogP contribution in [0, 0.1) is 11.3 Å². The van der Waals surface area contributed by atoms with Gasteiger partial charge in [0.1, 0.15) is 11.1 Å². The topological polar surface area (TPSA) is 88.9 Å². The van der Waals surface area contributed by atoms with Crippen LogP contribution in [0.2, 0.25) is 0 Å². The second-order valence-corrected chi connectivity index (χ2v) is 10.1. The summed E-state index contributed by atoms with van der Waals surface area (Å²) in [5.74, 6) is 0.916. The molecule has 0 radical (unpaired) electrons. The van der Waals surface area contributed by atoms with Crippen molar-refractivity contribution in [1.29, 1.82) is 5.26 Å². The third-order valence-electron chi connectivity index (χ3n) is 7.25. The number of aryl methyl sites for hydroxylation is 1. The Labute approximate surface area is 208 Å². The number of hydrogen-bond acceptors (Lipinski definition) is 7. The molecule has 1 amide bonds. The van der Waals surface area contributed by atoms with Gasteiger partial charge in [-0.15, -0.1) is 11.3 Å². The molecule has 3 aliphatic rings. The maximum Gasteiger partial charge on any atom is 0.232 e. The second-order valence-electron chi connectivity index (χ2n) is 9.05. The fraction of sp³-hybridized carbons (Fsp3) is 0.444. The Morgan fingerprint density at radius 2 is 1.74 bits per heavy atom. The summed E-state index contributed by atoms with van der Waals surface area (Å²) in [6.45, 7) is 0. The van der Waals surface area contributed by atoms with Gasteiger partial charge in [-0.25, -0.2) is 0 Å². The van der Waals surface area contributed by atoms with Crippen molar-refractivity contribution in [2.24, 2.45) is 0 Å². The molecule has 0 saturated carbocycles.